The highest BCUT2D eigenvalue weighted by atomic mass is 35.5. The second kappa shape index (κ2) is 7.26. The second-order valence-electron chi connectivity index (χ2n) is 6.00. The highest BCUT2D eigenvalue weighted by Crippen LogP contribution is 2.28. The Labute approximate surface area is 133 Å². The first-order valence-electron chi connectivity index (χ1n) is 7.71. The third kappa shape index (κ3) is 3.57. The van der Waals surface area contributed by atoms with Gasteiger partial charge in [0.2, 0.25) is 0 Å². The van der Waals surface area contributed by atoms with Gasteiger partial charge in [-0.1, -0.05) is 36.4 Å². The third-order valence-corrected chi connectivity index (χ3v) is 4.79. The van der Waals surface area contributed by atoms with E-state index in [2.05, 4.69) is 54.3 Å². The number of benzene rings is 2. The quantitative estimate of drug-likeness (QED) is 0.929. The van der Waals surface area contributed by atoms with Gasteiger partial charge in [0.15, 0.2) is 0 Å². The van der Waals surface area contributed by atoms with Gasteiger partial charge in [0.25, 0.3) is 0 Å². The first-order chi connectivity index (χ1) is 9.78. The molecule has 1 unspecified atom stereocenters. The monoisotopic (exact) mass is 304 g/mol. The Bertz CT molecular complexity index is 576. The van der Waals surface area contributed by atoms with E-state index in [-0.39, 0.29) is 12.4 Å². The van der Waals surface area contributed by atoms with Crippen molar-refractivity contribution in [3.63, 3.8) is 0 Å². The van der Waals surface area contributed by atoms with E-state index in [1.54, 1.807) is 0 Å². The molecule has 2 N–H and O–H groups in total. The van der Waals surface area contributed by atoms with Crippen molar-refractivity contribution in [3.05, 3.63) is 48.0 Å². The van der Waals surface area contributed by atoms with Gasteiger partial charge in [-0.2, -0.15) is 0 Å². The van der Waals surface area contributed by atoms with E-state index in [0.29, 0.717) is 6.04 Å². The van der Waals surface area contributed by atoms with Crippen molar-refractivity contribution in [2.24, 2.45) is 11.7 Å². The molecule has 1 saturated heterocycles. The van der Waals surface area contributed by atoms with Crippen molar-refractivity contribution in [2.45, 2.75) is 25.8 Å². The molecule has 0 saturated carbocycles. The van der Waals surface area contributed by atoms with Gasteiger partial charge in [-0.25, -0.2) is 0 Å². The fourth-order valence-electron chi connectivity index (χ4n) is 3.25. The molecule has 3 rings (SSSR count). The molecule has 1 aliphatic rings. The van der Waals surface area contributed by atoms with Crippen molar-refractivity contribution in [3.8, 4) is 0 Å². The Morgan fingerprint density at radius 1 is 1.10 bits per heavy atom. The number of halogens is 1. The zero-order valence-electron chi connectivity index (χ0n) is 12.7. The second-order valence-corrected chi connectivity index (χ2v) is 6.00. The molecule has 21 heavy (non-hydrogen) atoms. The molecule has 0 aromatic heterocycles. The topological polar surface area (TPSA) is 29.3 Å². The molecular weight excluding hydrogens is 280 g/mol. The minimum Gasteiger partial charge on any atom is -0.330 e. The van der Waals surface area contributed by atoms with E-state index in [1.165, 1.54) is 42.3 Å². The highest BCUT2D eigenvalue weighted by molar-refractivity contribution is 5.85. The van der Waals surface area contributed by atoms with Gasteiger partial charge >= 0.3 is 0 Å². The van der Waals surface area contributed by atoms with Gasteiger partial charge in [-0.3, -0.25) is 4.90 Å². The minimum absolute atomic E-state index is 0. The van der Waals surface area contributed by atoms with Crippen LogP contribution in [-0.2, 0) is 0 Å². The molecule has 2 aromatic rings. The Kier molecular flexibility index (Phi) is 5.63. The summed E-state index contributed by atoms with van der Waals surface area (Å²) in [5.41, 5.74) is 7.21. The molecule has 0 bridgehead atoms. The molecule has 3 heteroatoms. The van der Waals surface area contributed by atoms with Crippen LogP contribution >= 0.6 is 12.4 Å². The standard InChI is InChI=1S/C18H24N2.ClH/c1-14(20-10-8-15(13-19)9-11-20)17-7-6-16-4-2-3-5-18(16)12-17;/h2-7,12,14-15H,8-11,13,19H2,1H3;1H. The Balaban J connectivity index is 0.00000161. The van der Waals surface area contributed by atoms with Crippen LogP contribution in [0.15, 0.2) is 42.5 Å². The molecule has 2 aromatic carbocycles. The summed E-state index contributed by atoms with van der Waals surface area (Å²) in [6.45, 7) is 5.52. The van der Waals surface area contributed by atoms with E-state index in [9.17, 15) is 0 Å². The van der Waals surface area contributed by atoms with Crippen LogP contribution < -0.4 is 5.73 Å². The zero-order valence-corrected chi connectivity index (χ0v) is 13.5. The van der Waals surface area contributed by atoms with Crippen LogP contribution in [0.4, 0.5) is 0 Å². The maximum absolute atomic E-state index is 5.78. The van der Waals surface area contributed by atoms with E-state index in [4.69, 9.17) is 5.73 Å². The van der Waals surface area contributed by atoms with Gasteiger partial charge in [0.05, 0.1) is 0 Å². The molecule has 1 fully saturated rings. The van der Waals surface area contributed by atoms with Gasteiger partial charge in [-0.05, 0) is 67.7 Å². The molecule has 1 aliphatic heterocycles. The number of hydrogen-bond donors (Lipinski definition) is 1. The predicted octanol–water partition coefficient (Wildman–Crippen LogP) is 3.99. The Hall–Kier alpha value is -1.09. The van der Waals surface area contributed by atoms with Crippen molar-refractivity contribution < 1.29 is 0 Å². The third-order valence-electron chi connectivity index (χ3n) is 4.79. The SMILES string of the molecule is CC(c1ccc2ccccc2c1)N1CCC(CN)CC1.Cl. The number of nitrogens with zero attached hydrogens (tertiary/aromatic N) is 1. The summed E-state index contributed by atoms with van der Waals surface area (Å²) in [7, 11) is 0. The van der Waals surface area contributed by atoms with E-state index >= 15 is 0 Å². The van der Waals surface area contributed by atoms with Crippen LogP contribution in [0.25, 0.3) is 10.8 Å². The zero-order chi connectivity index (χ0) is 13.9. The number of nitrogens with two attached hydrogens (primary N) is 1. The van der Waals surface area contributed by atoms with Gasteiger partial charge < -0.3 is 5.73 Å². The number of fused-ring (bicyclic) bond motifs is 1. The number of rotatable bonds is 3. The first-order valence-corrected chi connectivity index (χ1v) is 7.71. The van der Waals surface area contributed by atoms with Gasteiger partial charge in [0, 0.05) is 6.04 Å². The normalized spacial score (nSPS) is 18.4. The summed E-state index contributed by atoms with van der Waals surface area (Å²) in [4.78, 5) is 2.59. The molecule has 0 radical (unpaired) electrons. The lowest BCUT2D eigenvalue weighted by molar-refractivity contribution is 0.144. The lowest BCUT2D eigenvalue weighted by Gasteiger charge is -2.36. The first kappa shape index (κ1) is 16.3. The summed E-state index contributed by atoms with van der Waals surface area (Å²) < 4.78 is 0. The molecule has 0 spiro atoms. The van der Waals surface area contributed by atoms with Crippen LogP contribution in [0.5, 0.6) is 0 Å². The van der Waals surface area contributed by atoms with Crippen LogP contribution in [-0.4, -0.2) is 24.5 Å². The highest BCUT2D eigenvalue weighted by Gasteiger charge is 2.22. The molecule has 2 nitrogen and oxygen atoms in total. The van der Waals surface area contributed by atoms with Crippen LogP contribution in [0.2, 0.25) is 0 Å². The Morgan fingerprint density at radius 3 is 2.43 bits per heavy atom. The molecule has 114 valence electrons. The van der Waals surface area contributed by atoms with Gasteiger partial charge in [-0.15, -0.1) is 12.4 Å². The molecule has 0 amide bonds. The van der Waals surface area contributed by atoms with E-state index < -0.39 is 0 Å². The van der Waals surface area contributed by atoms with Crippen molar-refractivity contribution in [2.75, 3.05) is 19.6 Å². The van der Waals surface area contributed by atoms with Crippen LogP contribution in [0, 0.1) is 5.92 Å². The van der Waals surface area contributed by atoms with Gasteiger partial charge in [0.1, 0.15) is 0 Å². The van der Waals surface area contributed by atoms with E-state index in [1.807, 2.05) is 0 Å². The largest absolute Gasteiger partial charge is 0.330 e. The number of likely N-dealkylation sites (tertiary alicyclic amines) is 1. The lowest BCUT2D eigenvalue weighted by atomic mass is 9.94. The maximum atomic E-state index is 5.78. The molecule has 1 heterocycles. The van der Waals surface area contributed by atoms with Crippen molar-refractivity contribution >= 4 is 23.2 Å². The van der Waals surface area contributed by atoms with E-state index in [0.717, 1.165) is 12.5 Å². The minimum atomic E-state index is 0. The van der Waals surface area contributed by atoms with Crippen molar-refractivity contribution in [1.29, 1.82) is 0 Å². The Morgan fingerprint density at radius 2 is 1.76 bits per heavy atom. The van der Waals surface area contributed by atoms with Crippen LogP contribution in [0.3, 0.4) is 0 Å². The molecule has 0 aliphatic carbocycles. The number of piperidine rings is 1. The average Bonchev–Trinajstić information content (AvgIpc) is 2.54. The summed E-state index contributed by atoms with van der Waals surface area (Å²) in [6, 6.07) is 16.0. The lowest BCUT2D eigenvalue weighted by Crippen LogP contribution is -2.37. The average molecular weight is 305 g/mol. The van der Waals surface area contributed by atoms with Crippen LogP contribution in [0.1, 0.15) is 31.4 Å². The maximum Gasteiger partial charge on any atom is 0.0320 e. The fourth-order valence-corrected chi connectivity index (χ4v) is 3.25. The van der Waals surface area contributed by atoms with Crippen molar-refractivity contribution in [1.82, 2.24) is 4.90 Å². The summed E-state index contributed by atoms with van der Waals surface area (Å²) in [5, 5.41) is 2.67. The molecule has 1 atom stereocenters. The summed E-state index contributed by atoms with van der Waals surface area (Å²) in [5.74, 6) is 0.732. The summed E-state index contributed by atoms with van der Waals surface area (Å²) >= 11 is 0. The summed E-state index contributed by atoms with van der Waals surface area (Å²) in [6.07, 6.45) is 2.49. The smallest absolute Gasteiger partial charge is 0.0320 e. The predicted molar refractivity (Wildman–Crippen MR) is 93.0 cm³/mol. The molecular formula is C18H25ClN2. The fraction of sp³-hybridized carbons (Fsp3) is 0.444. The number of hydrogen-bond acceptors (Lipinski definition) is 2.